The Morgan fingerprint density at radius 3 is 3.11 bits per heavy atom. The molecule has 3 nitrogen and oxygen atoms in total. The van der Waals surface area contributed by atoms with Crippen molar-refractivity contribution in [3.05, 3.63) is 45.1 Å². The zero-order valence-corrected chi connectivity index (χ0v) is 12.9. The van der Waals surface area contributed by atoms with Crippen LogP contribution < -0.4 is 4.74 Å². The van der Waals surface area contributed by atoms with Gasteiger partial charge in [-0.05, 0) is 40.8 Å². The van der Waals surface area contributed by atoms with Crippen molar-refractivity contribution in [3.63, 3.8) is 0 Å². The average molecular weight is 391 g/mol. The Kier molecular flexibility index (Phi) is 3.45. The van der Waals surface area contributed by atoms with Gasteiger partial charge in [-0.2, -0.15) is 4.98 Å². The molecule has 0 aliphatic heterocycles. The summed E-state index contributed by atoms with van der Waals surface area (Å²) in [4.78, 5) is 5.34. The van der Waals surface area contributed by atoms with E-state index in [0.717, 1.165) is 20.0 Å². The topological polar surface area (TPSA) is 26.5 Å². The second-order valence-electron chi connectivity index (χ2n) is 3.61. The number of hydrogen-bond acceptors (Lipinski definition) is 3. The lowest BCUT2D eigenvalue weighted by Crippen LogP contribution is -1.91. The van der Waals surface area contributed by atoms with E-state index in [2.05, 4.69) is 27.6 Å². The van der Waals surface area contributed by atoms with E-state index in [1.807, 2.05) is 40.2 Å². The van der Waals surface area contributed by atoms with Crippen molar-refractivity contribution < 1.29 is 4.74 Å². The molecule has 92 valence electrons. The van der Waals surface area contributed by atoms with Crippen molar-refractivity contribution in [1.82, 2.24) is 9.38 Å². The van der Waals surface area contributed by atoms with Gasteiger partial charge in [-0.25, -0.2) is 0 Å². The number of halogens is 2. The molecular weight excluding hydrogens is 383 g/mol. The first kappa shape index (κ1) is 12.3. The minimum Gasteiger partial charge on any atom is -0.437 e. The van der Waals surface area contributed by atoms with E-state index in [9.17, 15) is 0 Å². The van der Waals surface area contributed by atoms with Crippen LogP contribution in [0.1, 0.15) is 5.69 Å². The number of aromatic nitrogens is 2. The van der Waals surface area contributed by atoms with Crippen LogP contribution in [0.3, 0.4) is 0 Å². The summed E-state index contributed by atoms with van der Waals surface area (Å²) >= 11 is 9.78. The third kappa shape index (κ3) is 2.22. The van der Waals surface area contributed by atoms with Crippen LogP contribution in [-0.4, -0.2) is 9.38 Å². The van der Waals surface area contributed by atoms with Crippen LogP contribution >= 0.6 is 45.5 Å². The van der Waals surface area contributed by atoms with E-state index in [4.69, 9.17) is 16.3 Å². The molecule has 18 heavy (non-hydrogen) atoms. The third-order valence-corrected chi connectivity index (χ3v) is 4.14. The Morgan fingerprint density at radius 2 is 2.33 bits per heavy atom. The lowest BCUT2D eigenvalue weighted by Gasteiger charge is -2.04. The summed E-state index contributed by atoms with van der Waals surface area (Å²) in [6.45, 7) is 0. The van der Waals surface area contributed by atoms with Crippen molar-refractivity contribution in [2.45, 2.75) is 5.88 Å². The molecule has 1 aromatic carbocycles. The predicted molar refractivity (Wildman–Crippen MR) is 81.9 cm³/mol. The van der Waals surface area contributed by atoms with E-state index in [0.29, 0.717) is 11.8 Å². The van der Waals surface area contributed by atoms with E-state index >= 15 is 0 Å². The van der Waals surface area contributed by atoms with E-state index in [-0.39, 0.29) is 0 Å². The monoisotopic (exact) mass is 390 g/mol. The lowest BCUT2D eigenvalue weighted by atomic mass is 10.3. The minimum atomic E-state index is 0.372. The lowest BCUT2D eigenvalue weighted by molar-refractivity contribution is 0.461. The number of hydrogen-bond donors (Lipinski definition) is 0. The molecule has 0 aliphatic carbocycles. The first-order chi connectivity index (χ1) is 8.78. The number of benzene rings is 1. The van der Waals surface area contributed by atoms with E-state index in [1.54, 1.807) is 11.3 Å². The maximum atomic E-state index is 5.97. The van der Waals surface area contributed by atoms with Crippen LogP contribution in [0.5, 0.6) is 11.6 Å². The molecule has 0 amide bonds. The van der Waals surface area contributed by atoms with Crippen LogP contribution in [-0.2, 0) is 5.88 Å². The average Bonchev–Trinajstić information content (AvgIpc) is 2.89. The molecule has 0 saturated heterocycles. The molecule has 0 atom stereocenters. The van der Waals surface area contributed by atoms with Gasteiger partial charge in [-0.15, -0.1) is 22.9 Å². The highest BCUT2D eigenvalue weighted by molar-refractivity contribution is 14.1. The van der Waals surface area contributed by atoms with Gasteiger partial charge in [0.1, 0.15) is 11.4 Å². The van der Waals surface area contributed by atoms with Crippen molar-refractivity contribution in [2.24, 2.45) is 0 Å². The standard InChI is InChI=1S/C12H8ClIN2OS/c13-7-10-11(15-12-16(10)4-5-18-12)17-9-3-1-2-8(14)6-9/h1-6H,7H2. The normalized spacial score (nSPS) is 11.0. The number of ether oxygens (including phenoxy) is 1. The van der Waals surface area contributed by atoms with Gasteiger partial charge in [0, 0.05) is 15.1 Å². The Balaban J connectivity index is 2.01. The molecule has 3 aromatic rings. The summed E-state index contributed by atoms with van der Waals surface area (Å²) < 4.78 is 8.89. The Labute approximate surface area is 127 Å². The molecule has 3 rings (SSSR count). The molecule has 0 spiro atoms. The third-order valence-electron chi connectivity index (χ3n) is 2.46. The summed E-state index contributed by atoms with van der Waals surface area (Å²) in [5, 5.41) is 1.98. The second-order valence-corrected chi connectivity index (χ2v) is 6.00. The summed E-state index contributed by atoms with van der Waals surface area (Å²) in [7, 11) is 0. The zero-order valence-electron chi connectivity index (χ0n) is 9.14. The summed E-state index contributed by atoms with van der Waals surface area (Å²) in [6.07, 6.45) is 1.95. The predicted octanol–water partition coefficient (Wildman–Crippen LogP) is 4.53. The van der Waals surface area contributed by atoms with Gasteiger partial charge in [0.2, 0.25) is 5.88 Å². The molecule has 0 aliphatic rings. The van der Waals surface area contributed by atoms with Crippen molar-refractivity contribution in [1.29, 1.82) is 0 Å². The Hall–Kier alpha value is -0.790. The maximum absolute atomic E-state index is 5.97. The van der Waals surface area contributed by atoms with Gasteiger partial charge < -0.3 is 4.74 Å². The van der Waals surface area contributed by atoms with Crippen LogP contribution in [0, 0.1) is 3.57 Å². The summed E-state index contributed by atoms with van der Waals surface area (Å²) in [5.74, 6) is 1.73. The van der Waals surface area contributed by atoms with Gasteiger partial charge in [0.05, 0.1) is 5.88 Å². The smallest absolute Gasteiger partial charge is 0.243 e. The zero-order chi connectivity index (χ0) is 12.5. The number of rotatable bonds is 3. The van der Waals surface area contributed by atoms with Crippen molar-refractivity contribution in [3.8, 4) is 11.6 Å². The fourth-order valence-corrected chi connectivity index (χ4v) is 3.14. The van der Waals surface area contributed by atoms with Gasteiger partial charge in [0.25, 0.3) is 0 Å². The Bertz CT molecular complexity index is 694. The van der Waals surface area contributed by atoms with Gasteiger partial charge in [0.15, 0.2) is 4.96 Å². The molecule has 0 fully saturated rings. The minimum absolute atomic E-state index is 0.372. The number of imidazole rings is 1. The van der Waals surface area contributed by atoms with Crippen molar-refractivity contribution in [2.75, 3.05) is 0 Å². The molecule has 0 radical (unpaired) electrons. The fraction of sp³-hybridized carbons (Fsp3) is 0.0833. The number of alkyl halides is 1. The molecule has 0 bridgehead atoms. The van der Waals surface area contributed by atoms with E-state index < -0.39 is 0 Å². The Morgan fingerprint density at radius 1 is 1.44 bits per heavy atom. The van der Waals surface area contributed by atoms with E-state index in [1.165, 1.54) is 0 Å². The fourth-order valence-electron chi connectivity index (χ4n) is 1.66. The number of nitrogens with zero attached hydrogens (tertiary/aromatic N) is 2. The largest absolute Gasteiger partial charge is 0.437 e. The molecule has 0 saturated carbocycles. The molecule has 6 heteroatoms. The van der Waals surface area contributed by atoms with Crippen LogP contribution in [0.2, 0.25) is 0 Å². The quantitative estimate of drug-likeness (QED) is 0.485. The van der Waals surface area contributed by atoms with Gasteiger partial charge >= 0.3 is 0 Å². The second kappa shape index (κ2) is 5.07. The van der Waals surface area contributed by atoms with Crippen LogP contribution in [0.15, 0.2) is 35.8 Å². The molecule has 2 aromatic heterocycles. The van der Waals surface area contributed by atoms with Gasteiger partial charge in [-0.3, -0.25) is 4.40 Å². The molecular formula is C12H8ClIN2OS. The molecule has 2 heterocycles. The SMILES string of the molecule is ClCc1c(Oc2cccc(I)c2)nc2sccn12. The highest BCUT2D eigenvalue weighted by Gasteiger charge is 2.14. The van der Waals surface area contributed by atoms with Gasteiger partial charge in [-0.1, -0.05) is 6.07 Å². The highest BCUT2D eigenvalue weighted by Crippen LogP contribution is 2.29. The number of fused-ring (bicyclic) bond motifs is 1. The highest BCUT2D eigenvalue weighted by atomic mass is 127. The maximum Gasteiger partial charge on any atom is 0.243 e. The molecule has 0 N–H and O–H groups in total. The molecule has 0 unspecified atom stereocenters. The summed E-state index contributed by atoms with van der Waals surface area (Å²) in [5.41, 5.74) is 0.881. The van der Waals surface area contributed by atoms with Crippen LogP contribution in [0.4, 0.5) is 0 Å². The summed E-state index contributed by atoms with van der Waals surface area (Å²) in [6, 6.07) is 7.84. The van der Waals surface area contributed by atoms with Crippen molar-refractivity contribution >= 4 is 50.5 Å². The number of thiazole rings is 1. The first-order valence-electron chi connectivity index (χ1n) is 5.22. The van der Waals surface area contributed by atoms with Crippen LogP contribution in [0.25, 0.3) is 4.96 Å². The first-order valence-corrected chi connectivity index (χ1v) is 7.71.